The molecule has 0 fully saturated rings. The van der Waals surface area contributed by atoms with Crippen LogP contribution in [0.1, 0.15) is 23.9 Å². The van der Waals surface area contributed by atoms with E-state index in [-0.39, 0.29) is 11.8 Å². The van der Waals surface area contributed by atoms with Gasteiger partial charge in [-0.2, -0.15) is 5.26 Å². The fourth-order valence-corrected chi connectivity index (χ4v) is 1.12. The third-order valence-corrected chi connectivity index (χ3v) is 2.20. The molecule has 0 aliphatic carbocycles. The second kappa shape index (κ2) is 4.51. The Morgan fingerprint density at radius 1 is 1.73 bits per heavy atom. The number of nitrogens with zero attached hydrogens (tertiary/aromatic N) is 2. The summed E-state index contributed by atoms with van der Waals surface area (Å²) in [6.07, 6.45) is 0.361. The van der Waals surface area contributed by atoms with Crippen LogP contribution >= 0.6 is 0 Å². The zero-order valence-corrected chi connectivity index (χ0v) is 8.60. The van der Waals surface area contributed by atoms with Gasteiger partial charge in [0.2, 0.25) is 5.76 Å². The van der Waals surface area contributed by atoms with Crippen LogP contribution in [0.4, 0.5) is 5.88 Å². The number of nitriles is 1. The number of furan rings is 1. The molecule has 0 saturated heterocycles. The Morgan fingerprint density at radius 2 is 2.40 bits per heavy atom. The van der Waals surface area contributed by atoms with Gasteiger partial charge < -0.3 is 14.4 Å². The van der Waals surface area contributed by atoms with E-state index in [0.717, 1.165) is 0 Å². The number of carbonyl (C=O) groups is 1. The maximum absolute atomic E-state index is 10.6. The van der Waals surface area contributed by atoms with Crippen molar-refractivity contribution in [2.45, 2.75) is 19.4 Å². The first-order chi connectivity index (χ1) is 7.06. The molecule has 0 aromatic carbocycles. The predicted octanol–water partition coefficient (Wildman–Crippen LogP) is 1.72. The van der Waals surface area contributed by atoms with Gasteiger partial charge in [-0.25, -0.2) is 4.79 Å². The lowest BCUT2D eigenvalue weighted by molar-refractivity contribution is 0.0663. The van der Waals surface area contributed by atoms with Crippen molar-refractivity contribution in [3.63, 3.8) is 0 Å². The normalized spacial score (nSPS) is 11.8. The summed E-state index contributed by atoms with van der Waals surface area (Å²) in [5.41, 5.74) is 0. The van der Waals surface area contributed by atoms with Gasteiger partial charge in [-0.05, 0) is 13.0 Å². The molecule has 0 amide bonds. The van der Waals surface area contributed by atoms with Gasteiger partial charge >= 0.3 is 5.97 Å². The van der Waals surface area contributed by atoms with Crippen molar-refractivity contribution in [3.8, 4) is 6.07 Å². The molecule has 0 spiro atoms. The molecule has 1 atom stereocenters. The lowest BCUT2D eigenvalue weighted by Crippen LogP contribution is -2.27. The summed E-state index contributed by atoms with van der Waals surface area (Å²) >= 11 is 0. The molecule has 0 bridgehead atoms. The van der Waals surface area contributed by atoms with Crippen LogP contribution < -0.4 is 4.90 Å². The molecule has 0 aliphatic heterocycles. The van der Waals surface area contributed by atoms with E-state index >= 15 is 0 Å². The number of rotatable bonds is 4. The van der Waals surface area contributed by atoms with Crippen LogP contribution in [0.2, 0.25) is 0 Å². The van der Waals surface area contributed by atoms with Crippen LogP contribution in [0.25, 0.3) is 0 Å². The molecule has 1 N–H and O–H groups in total. The Hall–Kier alpha value is -1.96. The smallest absolute Gasteiger partial charge is 0.371 e. The highest BCUT2D eigenvalue weighted by Gasteiger charge is 2.15. The molecule has 15 heavy (non-hydrogen) atoms. The third kappa shape index (κ3) is 2.50. The zero-order chi connectivity index (χ0) is 11.4. The van der Waals surface area contributed by atoms with E-state index in [0.29, 0.717) is 12.3 Å². The van der Waals surface area contributed by atoms with Crippen molar-refractivity contribution in [1.29, 1.82) is 5.26 Å². The molecular formula is C10H12N2O3. The fourth-order valence-electron chi connectivity index (χ4n) is 1.12. The van der Waals surface area contributed by atoms with Crippen LogP contribution in [0.15, 0.2) is 16.5 Å². The van der Waals surface area contributed by atoms with Gasteiger partial charge in [0.05, 0.1) is 12.5 Å². The van der Waals surface area contributed by atoms with Crippen LogP contribution in [0.5, 0.6) is 0 Å². The quantitative estimate of drug-likeness (QED) is 0.815. The number of hydrogen-bond donors (Lipinski definition) is 1. The van der Waals surface area contributed by atoms with Gasteiger partial charge in [0.25, 0.3) is 0 Å². The minimum absolute atomic E-state index is 0.0113. The Balaban J connectivity index is 2.78. The Bertz CT molecular complexity index is 392. The molecule has 1 heterocycles. The number of hydrogen-bond acceptors (Lipinski definition) is 4. The lowest BCUT2D eigenvalue weighted by atomic mass is 10.2. The van der Waals surface area contributed by atoms with Gasteiger partial charge in [0.15, 0.2) is 5.88 Å². The first-order valence-corrected chi connectivity index (χ1v) is 4.49. The van der Waals surface area contributed by atoms with Crippen molar-refractivity contribution in [3.05, 3.63) is 17.9 Å². The maximum Gasteiger partial charge on any atom is 0.371 e. The molecule has 80 valence electrons. The zero-order valence-electron chi connectivity index (χ0n) is 8.60. The summed E-state index contributed by atoms with van der Waals surface area (Å²) in [7, 11) is 1.76. The summed E-state index contributed by atoms with van der Waals surface area (Å²) < 4.78 is 5.09. The molecule has 0 aliphatic rings. The fraction of sp³-hybridized carbons (Fsp3) is 0.400. The van der Waals surface area contributed by atoms with Crippen molar-refractivity contribution in [2.24, 2.45) is 0 Å². The number of anilines is 1. The second-order valence-corrected chi connectivity index (χ2v) is 3.27. The summed E-state index contributed by atoms with van der Waals surface area (Å²) in [6.45, 7) is 1.87. The second-order valence-electron chi connectivity index (χ2n) is 3.27. The van der Waals surface area contributed by atoms with Crippen molar-refractivity contribution in [1.82, 2.24) is 0 Å². The van der Waals surface area contributed by atoms with Gasteiger partial charge in [0, 0.05) is 19.2 Å². The van der Waals surface area contributed by atoms with Gasteiger partial charge in [-0.1, -0.05) is 0 Å². The Morgan fingerprint density at radius 3 is 2.87 bits per heavy atom. The van der Waals surface area contributed by atoms with Crippen molar-refractivity contribution in [2.75, 3.05) is 11.9 Å². The van der Waals surface area contributed by atoms with Crippen LogP contribution in [0.3, 0.4) is 0 Å². The highest BCUT2D eigenvalue weighted by atomic mass is 16.4. The molecule has 5 heteroatoms. The van der Waals surface area contributed by atoms with Gasteiger partial charge in [-0.15, -0.1) is 0 Å². The first-order valence-electron chi connectivity index (χ1n) is 4.49. The van der Waals surface area contributed by atoms with Gasteiger partial charge in [-0.3, -0.25) is 0 Å². The predicted molar refractivity (Wildman–Crippen MR) is 53.8 cm³/mol. The molecule has 1 rings (SSSR count). The highest BCUT2D eigenvalue weighted by molar-refractivity contribution is 5.84. The van der Waals surface area contributed by atoms with E-state index in [1.54, 1.807) is 18.0 Å². The lowest BCUT2D eigenvalue weighted by Gasteiger charge is -2.21. The van der Waals surface area contributed by atoms with E-state index in [2.05, 4.69) is 0 Å². The summed E-state index contributed by atoms with van der Waals surface area (Å²) in [4.78, 5) is 12.3. The highest BCUT2D eigenvalue weighted by Crippen LogP contribution is 2.20. The minimum atomic E-state index is -1.09. The molecule has 0 saturated carbocycles. The summed E-state index contributed by atoms with van der Waals surface area (Å²) in [5, 5.41) is 17.2. The molecule has 1 unspecified atom stereocenters. The van der Waals surface area contributed by atoms with E-state index in [1.165, 1.54) is 6.07 Å². The topological polar surface area (TPSA) is 77.5 Å². The number of carboxylic acids is 1. The van der Waals surface area contributed by atoms with Gasteiger partial charge in [0.1, 0.15) is 0 Å². The molecule has 1 aromatic heterocycles. The number of carboxylic acid groups (broad SMARTS) is 1. The molecule has 0 radical (unpaired) electrons. The van der Waals surface area contributed by atoms with Crippen LogP contribution in [-0.4, -0.2) is 24.2 Å². The standard InChI is InChI=1S/C10H12N2O3/c1-7(5-6-11)12(2)9-4-3-8(15-9)10(13)14/h3-4,7H,5H2,1-2H3,(H,13,14). The minimum Gasteiger partial charge on any atom is -0.475 e. The number of aromatic carboxylic acids is 1. The summed E-state index contributed by atoms with van der Waals surface area (Å²) in [6, 6.07) is 5.01. The molecular weight excluding hydrogens is 196 g/mol. The first kappa shape index (κ1) is 11.1. The van der Waals surface area contributed by atoms with E-state index < -0.39 is 5.97 Å². The van der Waals surface area contributed by atoms with Crippen molar-refractivity contribution < 1.29 is 14.3 Å². The largest absolute Gasteiger partial charge is 0.475 e. The third-order valence-electron chi connectivity index (χ3n) is 2.20. The summed E-state index contributed by atoms with van der Waals surface area (Å²) in [5.74, 6) is -0.737. The van der Waals surface area contributed by atoms with Crippen LogP contribution in [0, 0.1) is 11.3 Å². The van der Waals surface area contributed by atoms with Crippen LogP contribution in [-0.2, 0) is 0 Å². The maximum atomic E-state index is 10.6. The molecule has 1 aromatic rings. The monoisotopic (exact) mass is 208 g/mol. The average molecular weight is 208 g/mol. The molecule has 5 nitrogen and oxygen atoms in total. The Labute approximate surface area is 87.5 Å². The van der Waals surface area contributed by atoms with E-state index in [4.69, 9.17) is 14.8 Å². The SMILES string of the molecule is CC(CC#N)N(C)c1ccc(C(=O)O)o1. The van der Waals surface area contributed by atoms with Crippen molar-refractivity contribution >= 4 is 11.9 Å². The average Bonchev–Trinajstić information content (AvgIpc) is 2.65. The Kier molecular flexibility index (Phi) is 3.34. The van der Waals surface area contributed by atoms with E-state index in [9.17, 15) is 4.79 Å². The van der Waals surface area contributed by atoms with E-state index in [1.807, 2.05) is 13.0 Å².